The Morgan fingerprint density at radius 3 is 2.51 bits per heavy atom. The van der Waals surface area contributed by atoms with Crippen LogP contribution in [0.5, 0.6) is 11.5 Å². The first-order valence-electron chi connectivity index (χ1n) is 11.0. The maximum absolute atomic E-state index is 13.6. The fourth-order valence-corrected chi connectivity index (χ4v) is 4.10. The van der Waals surface area contributed by atoms with Crippen molar-refractivity contribution in [3.63, 3.8) is 0 Å². The Morgan fingerprint density at radius 2 is 1.86 bits per heavy atom. The molecule has 0 radical (unpaired) electrons. The zero-order chi connectivity index (χ0) is 25.3. The molecule has 0 fully saturated rings. The molecule has 2 heterocycles. The predicted molar refractivity (Wildman–Crippen MR) is 128 cm³/mol. The van der Waals surface area contributed by atoms with Gasteiger partial charge in [-0.1, -0.05) is 24.3 Å². The molecule has 0 spiro atoms. The fraction of sp³-hybridized carbons (Fsp3) is 0.269. The van der Waals surface area contributed by atoms with E-state index in [2.05, 4.69) is 0 Å². The number of Topliss-reactive ketones (excluding diaryl/α,β-unsaturated/α-hetero) is 1. The van der Waals surface area contributed by atoms with Gasteiger partial charge in [-0.15, -0.1) is 0 Å². The molecule has 1 aromatic heterocycles. The Bertz CT molecular complexity index is 1310. The number of carbonyl (C=O) groups is 3. The van der Waals surface area contributed by atoms with Crippen LogP contribution in [-0.4, -0.2) is 66.9 Å². The summed E-state index contributed by atoms with van der Waals surface area (Å²) in [6.45, 7) is 2.00. The second kappa shape index (κ2) is 9.63. The van der Waals surface area contributed by atoms with Crippen LogP contribution in [0.3, 0.4) is 0 Å². The van der Waals surface area contributed by atoms with Crippen LogP contribution in [0.1, 0.15) is 29.1 Å². The summed E-state index contributed by atoms with van der Waals surface area (Å²) in [5, 5.41) is 11.6. The van der Waals surface area contributed by atoms with E-state index in [0.29, 0.717) is 23.4 Å². The molecular formula is C26H26N2O7. The van der Waals surface area contributed by atoms with Crippen molar-refractivity contribution in [3.05, 3.63) is 71.2 Å². The van der Waals surface area contributed by atoms with Crippen LogP contribution in [-0.2, 0) is 9.59 Å². The van der Waals surface area contributed by atoms with Gasteiger partial charge in [0.25, 0.3) is 5.91 Å². The van der Waals surface area contributed by atoms with Crippen molar-refractivity contribution in [1.82, 2.24) is 9.80 Å². The van der Waals surface area contributed by atoms with Crippen LogP contribution in [0.15, 0.2) is 64.3 Å². The summed E-state index contributed by atoms with van der Waals surface area (Å²) in [5.41, 5.74) is 0.882. The standard InChI is InChI=1S/C26H26N2O7/c1-15(29)34-20-14-17(9-10-19(20)33-4)23-22(25(31)26(32)28(23)12-11-27(2)3)24(30)21-13-16-7-5-6-8-18(16)35-21/h5-10,13-14,23,31H,11-12H2,1-4H3. The average molecular weight is 479 g/mol. The molecule has 0 aliphatic carbocycles. The summed E-state index contributed by atoms with van der Waals surface area (Å²) in [6, 6.07) is 12.6. The maximum atomic E-state index is 13.6. The van der Waals surface area contributed by atoms with Crippen LogP contribution < -0.4 is 9.47 Å². The molecule has 4 rings (SSSR count). The quantitative estimate of drug-likeness (QED) is 0.298. The molecule has 2 aromatic carbocycles. The second-order valence-corrected chi connectivity index (χ2v) is 8.45. The Balaban J connectivity index is 1.82. The third-order valence-corrected chi connectivity index (χ3v) is 5.74. The molecule has 0 bridgehead atoms. The summed E-state index contributed by atoms with van der Waals surface area (Å²) in [5.74, 6) is -2.00. The minimum absolute atomic E-state index is 0.00808. The molecule has 9 nitrogen and oxygen atoms in total. The molecular weight excluding hydrogens is 452 g/mol. The van der Waals surface area contributed by atoms with Gasteiger partial charge in [0, 0.05) is 25.4 Å². The number of carbonyl (C=O) groups excluding carboxylic acids is 3. The number of esters is 1. The molecule has 3 aromatic rings. The first-order chi connectivity index (χ1) is 16.7. The first-order valence-corrected chi connectivity index (χ1v) is 11.0. The number of ether oxygens (including phenoxy) is 2. The number of furan rings is 1. The molecule has 1 unspecified atom stereocenters. The van der Waals surface area contributed by atoms with Crippen molar-refractivity contribution in [1.29, 1.82) is 0 Å². The van der Waals surface area contributed by atoms with Crippen molar-refractivity contribution in [2.45, 2.75) is 13.0 Å². The van der Waals surface area contributed by atoms with Crippen molar-refractivity contribution >= 4 is 28.6 Å². The number of hydrogen-bond acceptors (Lipinski definition) is 8. The summed E-state index contributed by atoms with van der Waals surface area (Å²) in [4.78, 5) is 41.7. The van der Waals surface area contributed by atoms with Gasteiger partial charge in [0.15, 0.2) is 23.0 Å². The van der Waals surface area contributed by atoms with E-state index < -0.39 is 29.5 Å². The highest BCUT2D eigenvalue weighted by atomic mass is 16.6. The van der Waals surface area contributed by atoms with Gasteiger partial charge in [-0.25, -0.2) is 0 Å². The Kier molecular flexibility index (Phi) is 6.61. The molecule has 0 saturated carbocycles. The van der Waals surface area contributed by atoms with E-state index in [1.54, 1.807) is 36.4 Å². The van der Waals surface area contributed by atoms with Gasteiger partial charge >= 0.3 is 5.97 Å². The van der Waals surface area contributed by atoms with E-state index >= 15 is 0 Å². The highest BCUT2D eigenvalue weighted by molar-refractivity contribution is 6.16. The lowest BCUT2D eigenvalue weighted by Crippen LogP contribution is -2.36. The summed E-state index contributed by atoms with van der Waals surface area (Å²) in [6.07, 6.45) is 0. The number of hydrogen-bond donors (Lipinski definition) is 1. The lowest BCUT2D eigenvalue weighted by molar-refractivity contribution is -0.132. The van der Waals surface area contributed by atoms with Crippen molar-refractivity contribution in [2.24, 2.45) is 0 Å². The Morgan fingerprint density at radius 1 is 1.11 bits per heavy atom. The molecule has 1 amide bonds. The van der Waals surface area contributed by atoms with Gasteiger partial charge in [0.05, 0.1) is 18.7 Å². The van der Waals surface area contributed by atoms with E-state index in [4.69, 9.17) is 13.9 Å². The SMILES string of the molecule is COc1ccc(C2C(C(=O)c3cc4ccccc4o3)=C(O)C(=O)N2CCN(C)C)cc1OC(C)=O. The van der Waals surface area contributed by atoms with Gasteiger partial charge in [0.2, 0.25) is 5.78 Å². The topological polar surface area (TPSA) is 110 Å². The van der Waals surface area contributed by atoms with Crippen LogP contribution >= 0.6 is 0 Å². The number of aliphatic hydroxyl groups excluding tert-OH is 1. The number of benzene rings is 2. The van der Waals surface area contributed by atoms with Crippen molar-refractivity contribution in [2.75, 3.05) is 34.3 Å². The predicted octanol–water partition coefficient (Wildman–Crippen LogP) is 3.51. The molecule has 1 atom stereocenters. The van der Waals surface area contributed by atoms with Crippen LogP contribution in [0.4, 0.5) is 0 Å². The zero-order valence-corrected chi connectivity index (χ0v) is 19.9. The number of methoxy groups -OCH3 is 1. The third kappa shape index (κ3) is 4.63. The maximum Gasteiger partial charge on any atom is 0.308 e. The lowest BCUT2D eigenvalue weighted by Gasteiger charge is -2.28. The second-order valence-electron chi connectivity index (χ2n) is 8.45. The monoisotopic (exact) mass is 478 g/mol. The molecule has 182 valence electrons. The van der Waals surface area contributed by atoms with Gasteiger partial charge in [-0.2, -0.15) is 0 Å². The van der Waals surface area contributed by atoms with E-state index in [9.17, 15) is 19.5 Å². The molecule has 1 aliphatic rings. The highest BCUT2D eigenvalue weighted by Crippen LogP contribution is 2.42. The smallest absolute Gasteiger partial charge is 0.308 e. The number of aliphatic hydroxyl groups is 1. The largest absolute Gasteiger partial charge is 0.503 e. The molecule has 1 aliphatic heterocycles. The Labute approximate surface area is 202 Å². The fourth-order valence-electron chi connectivity index (χ4n) is 4.10. The van der Waals surface area contributed by atoms with Crippen molar-refractivity contribution in [3.8, 4) is 11.5 Å². The van der Waals surface area contributed by atoms with Crippen LogP contribution in [0, 0.1) is 0 Å². The first kappa shape index (κ1) is 24.0. The highest BCUT2D eigenvalue weighted by Gasteiger charge is 2.44. The van der Waals surface area contributed by atoms with Gasteiger partial charge in [-0.05, 0) is 43.9 Å². The number of para-hydroxylation sites is 1. The van der Waals surface area contributed by atoms with Gasteiger partial charge in [0.1, 0.15) is 5.58 Å². The third-order valence-electron chi connectivity index (χ3n) is 5.74. The summed E-state index contributed by atoms with van der Waals surface area (Å²) >= 11 is 0. The Hall–Kier alpha value is -4.11. The number of nitrogens with zero attached hydrogens (tertiary/aromatic N) is 2. The van der Waals surface area contributed by atoms with Crippen molar-refractivity contribution < 1.29 is 33.4 Å². The average Bonchev–Trinajstić information content (AvgIpc) is 3.36. The molecule has 35 heavy (non-hydrogen) atoms. The normalized spacial score (nSPS) is 15.9. The summed E-state index contributed by atoms with van der Waals surface area (Å²) in [7, 11) is 5.15. The molecule has 0 saturated heterocycles. The minimum Gasteiger partial charge on any atom is -0.503 e. The summed E-state index contributed by atoms with van der Waals surface area (Å²) < 4.78 is 16.3. The van der Waals surface area contributed by atoms with Crippen LogP contribution in [0.2, 0.25) is 0 Å². The van der Waals surface area contributed by atoms with E-state index in [0.717, 1.165) is 5.39 Å². The van der Waals surface area contributed by atoms with Gasteiger partial charge in [-0.3, -0.25) is 14.4 Å². The number of likely N-dealkylation sites (N-methyl/N-ethyl adjacent to an activating group) is 1. The van der Waals surface area contributed by atoms with Crippen LogP contribution in [0.25, 0.3) is 11.0 Å². The van der Waals surface area contributed by atoms with Gasteiger partial charge < -0.3 is 28.8 Å². The van der Waals surface area contributed by atoms with E-state index in [1.807, 2.05) is 25.1 Å². The lowest BCUT2D eigenvalue weighted by atomic mass is 9.94. The molecule has 9 heteroatoms. The number of ketones is 1. The zero-order valence-electron chi connectivity index (χ0n) is 19.9. The van der Waals surface area contributed by atoms with E-state index in [-0.39, 0.29) is 23.6 Å². The minimum atomic E-state index is -0.927. The number of fused-ring (bicyclic) bond motifs is 1. The van der Waals surface area contributed by atoms with E-state index in [1.165, 1.54) is 25.0 Å². The number of rotatable bonds is 8. The number of amides is 1. The molecule has 1 N–H and O–H groups in total.